The molecule has 0 atom stereocenters. The molecule has 1 fully saturated rings. The average Bonchev–Trinajstić information content (AvgIpc) is 3.03. The fourth-order valence-electron chi connectivity index (χ4n) is 2.75. The van der Waals surface area contributed by atoms with Gasteiger partial charge in [-0.05, 0) is 44.1 Å². The van der Waals surface area contributed by atoms with E-state index in [0.717, 1.165) is 36.5 Å². The Morgan fingerprint density at radius 1 is 1.17 bits per heavy atom. The van der Waals surface area contributed by atoms with Gasteiger partial charge in [0.1, 0.15) is 11.1 Å². The van der Waals surface area contributed by atoms with Gasteiger partial charge in [0, 0.05) is 18.0 Å². The molecule has 2 heterocycles. The highest BCUT2D eigenvalue weighted by atomic mass is 32.1. The van der Waals surface area contributed by atoms with Crippen LogP contribution in [0.25, 0.3) is 0 Å². The first-order valence-electron chi connectivity index (χ1n) is 6.71. The normalized spacial score (nSPS) is 19.2. The third kappa shape index (κ3) is 2.15. The summed E-state index contributed by atoms with van der Waals surface area (Å²) in [6, 6.07) is 2.36. The minimum atomic E-state index is 0.838. The van der Waals surface area contributed by atoms with E-state index >= 15 is 0 Å². The Morgan fingerprint density at radius 2 is 1.94 bits per heavy atom. The molecule has 94 valence electrons. The van der Waals surface area contributed by atoms with E-state index in [-0.39, 0.29) is 0 Å². The fourth-order valence-corrected chi connectivity index (χ4v) is 3.93. The number of hydrogen-bond donors (Lipinski definition) is 0. The van der Waals surface area contributed by atoms with Gasteiger partial charge in [-0.3, -0.25) is 0 Å². The molecule has 18 heavy (non-hydrogen) atoms. The number of aryl methyl sites for hydroxylation is 1. The van der Waals surface area contributed by atoms with E-state index in [1.54, 1.807) is 11.3 Å². The van der Waals surface area contributed by atoms with Crippen molar-refractivity contribution in [2.45, 2.75) is 38.5 Å². The number of nitriles is 1. The molecule has 0 unspecified atom stereocenters. The first-order chi connectivity index (χ1) is 8.88. The summed E-state index contributed by atoms with van der Waals surface area (Å²) in [5.74, 6) is 0. The van der Waals surface area contributed by atoms with E-state index in [0.29, 0.717) is 0 Å². The highest BCUT2D eigenvalue weighted by Gasteiger charge is 2.20. The van der Waals surface area contributed by atoms with Crippen LogP contribution in [0.15, 0.2) is 4.99 Å². The Kier molecular flexibility index (Phi) is 3.33. The van der Waals surface area contributed by atoms with Crippen LogP contribution in [-0.4, -0.2) is 24.3 Å². The first kappa shape index (κ1) is 11.7. The molecular formula is C14H17N3S. The van der Waals surface area contributed by atoms with E-state index in [4.69, 9.17) is 0 Å². The predicted molar refractivity (Wildman–Crippen MR) is 74.6 cm³/mol. The van der Waals surface area contributed by atoms with Crippen LogP contribution in [0.4, 0.5) is 5.00 Å². The number of aliphatic imine (C=N–C) groups is 1. The van der Waals surface area contributed by atoms with Crippen molar-refractivity contribution in [3.8, 4) is 6.07 Å². The highest BCUT2D eigenvalue weighted by molar-refractivity contribution is 7.16. The third-order valence-electron chi connectivity index (χ3n) is 3.74. The fraction of sp³-hybridized carbons (Fsp3) is 0.571. The molecular weight excluding hydrogens is 242 g/mol. The molecule has 0 bridgehead atoms. The summed E-state index contributed by atoms with van der Waals surface area (Å²) in [4.78, 5) is 8.21. The zero-order chi connectivity index (χ0) is 12.4. The number of fused-ring (bicyclic) bond motifs is 1. The minimum absolute atomic E-state index is 0.838. The largest absolute Gasteiger partial charge is 0.363 e. The SMILES string of the molecule is N#Cc1c(/N=C/N2CCCC2)sc2c1CCCC2. The van der Waals surface area contributed by atoms with E-state index in [2.05, 4.69) is 16.0 Å². The molecule has 0 aromatic carbocycles. The van der Waals surface area contributed by atoms with Crippen LogP contribution in [0.2, 0.25) is 0 Å². The molecule has 4 heteroatoms. The zero-order valence-corrected chi connectivity index (χ0v) is 11.3. The van der Waals surface area contributed by atoms with Crippen LogP contribution >= 0.6 is 11.3 Å². The van der Waals surface area contributed by atoms with Crippen molar-refractivity contribution >= 4 is 22.7 Å². The molecule has 1 aromatic heterocycles. The van der Waals surface area contributed by atoms with Crippen LogP contribution < -0.4 is 0 Å². The summed E-state index contributed by atoms with van der Waals surface area (Å²) in [5.41, 5.74) is 2.12. The first-order valence-corrected chi connectivity index (χ1v) is 7.53. The Bertz CT molecular complexity index is 504. The van der Waals surface area contributed by atoms with Gasteiger partial charge < -0.3 is 4.90 Å². The van der Waals surface area contributed by atoms with E-state index in [1.807, 2.05) is 6.34 Å². The van der Waals surface area contributed by atoms with Gasteiger partial charge in [-0.25, -0.2) is 4.99 Å². The van der Waals surface area contributed by atoms with Gasteiger partial charge in [-0.2, -0.15) is 5.26 Å². The number of thiophene rings is 1. The predicted octanol–water partition coefficient (Wildman–Crippen LogP) is 3.25. The second-order valence-corrected chi connectivity index (χ2v) is 6.07. The quantitative estimate of drug-likeness (QED) is 0.604. The van der Waals surface area contributed by atoms with Gasteiger partial charge in [0.25, 0.3) is 0 Å². The summed E-state index contributed by atoms with van der Waals surface area (Å²) in [7, 11) is 0. The lowest BCUT2D eigenvalue weighted by atomic mass is 9.96. The van der Waals surface area contributed by atoms with Crippen LogP contribution in [0.1, 0.15) is 41.7 Å². The van der Waals surface area contributed by atoms with Gasteiger partial charge in [-0.1, -0.05) is 0 Å². The summed E-state index contributed by atoms with van der Waals surface area (Å²) in [5, 5.41) is 10.3. The molecule has 0 saturated carbocycles. The van der Waals surface area contributed by atoms with E-state index < -0.39 is 0 Å². The number of likely N-dealkylation sites (tertiary alicyclic amines) is 1. The van der Waals surface area contributed by atoms with Crippen LogP contribution in [0, 0.1) is 11.3 Å². The second kappa shape index (κ2) is 5.11. The Hall–Kier alpha value is -1.34. The molecule has 0 radical (unpaired) electrons. The molecule has 1 aromatic rings. The van der Waals surface area contributed by atoms with Crippen LogP contribution in [0.5, 0.6) is 0 Å². The van der Waals surface area contributed by atoms with Crippen molar-refractivity contribution < 1.29 is 0 Å². The second-order valence-electron chi connectivity index (χ2n) is 4.99. The van der Waals surface area contributed by atoms with E-state index in [9.17, 15) is 5.26 Å². The Morgan fingerprint density at radius 3 is 2.72 bits per heavy atom. The third-order valence-corrected chi connectivity index (χ3v) is 4.94. The maximum atomic E-state index is 9.32. The molecule has 1 saturated heterocycles. The molecule has 1 aliphatic heterocycles. The standard InChI is InChI=1S/C14H17N3S/c15-9-12-11-5-1-2-6-13(11)18-14(12)16-10-17-7-3-4-8-17/h10H,1-8H2/b16-10+. The van der Waals surface area contributed by atoms with Crippen molar-refractivity contribution in [3.05, 3.63) is 16.0 Å². The number of hydrogen-bond acceptors (Lipinski definition) is 3. The van der Waals surface area contributed by atoms with Crippen molar-refractivity contribution in [1.29, 1.82) is 5.26 Å². The van der Waals surface area contributed by atoms with Crippen LogP contribution in [0.3, 0.4) is 0 Å². The van der Waals surface area contributed by atoms with Gasteiger partial charge in [0.05, 0.1) is 11.9 Å². The average molecular weight is 259 g/mol. The van der Waals surface area contributed by atoms with E-state index in [1.165, 1.54) is 36.1 Å². The molecule has 0 spiro atoms. The van der Waals surface area contributed by atoms with Gasteiger partial charge in [0.2, 0.25) is 0 Å². The Labute approximate surface area is 112 Å². The van der Waals surface area contributed by atoms with Crippen molar-refractivity contribution in [2.75, 3.05) is 13.1 Å². The minimum Gasteiger partial charge on any atom is -0.363 e. The lowest BCUT2D eigenvalue weighted by Crippen LogP contribution is -2.15. The summed E-state index contributed by atoms with van der Waals surface area (Å²) in [6.45, 7) is 2.22. The smallest absolute Gasteiger partial charge is 0.136 e. The molecule has 3 rings (SSSR count). The summed E-state index contributed by atoms with van der Waals surface area (Å²) < 4.78 is 0. The zero-order valence-electron chi connectivity index (χ0n) is 10.5. The molecule has 2 aliphatic rings. The summed E-state index contributed by atoms with van der Waals surface area (Å²) >= 11 is 1.72. The Balaban J connectivity index is 1.87. The van der Waals surface area contributed by atoms with Gasteiger partial charge in [0.15, 0.2) is 0 Å². The maximum absolute atomic E-state index is 9.32. The van der Waals surface area contributed by atoms with Gasteiger partial charge >= 0.3 is 0 Å². The number of nitrogens with zero attached hydrogens (tertiary/aromatic N) is 3. The molecule has 0 N–H and O–H groups in total. The molecule has 3 nitrogen and oxygen atoms in total. The van der Waals surface area contributed by atoms with Crippen molar-refractivity contribution in [3.63, 3.8) is 0 Å². The molecule has 1 aliphatic carbocycles. The number of rotatable bonds is 2. The topological polar surface area (TPSA) is 39.4 Å². The lowest BCUT2D eigenvalue weighted by molar-refractivity contribution is 0.536. The lowest BCUT2D eigenvalue weighted by Gasteiger charge is -2.09. The maximum Gasteiger partial charge on any atom is 0.136 e. The monoisotopic (exact) mass is 259 g/mol. The van der Waals surface area contributed by atoms with Crippen LogP contribution in [-0.2, 0) is 12.8 Å². The van der Waals surface area contributed by atoms with Crippen molar-refractivity contribution in [2.24, 2.45) is 4.99 Å². The van der Waals surface area contributed by atoms with Crippen molar-refractivity contribution in [1.82, 2.24) is 4.90 Å². The summed E-state index contributed by atoms with van der Waals surface area (Å²) in [6.07, 6.45) is 9.13. The molecule has 0 amide bonds. The van der Waals surface area contributed by atoms with Gasteiger partial charge in [-0.15, -0.1) is 11.3 Å². The highest BCUT2D eigenvalue weighted by Crippen LogP contribution is 2.39.